The second-order valence-electron chi connectivity index (χ2n) is 4.23. The summed E-state index contributed by atoms with van der Waals surface area (Å²) < 4.78 is 0. The lowest BCUT2D eigenvalue weighted by Crippen LogP contribution is -2.25. The van der Waals surface area contributed by atoms with E-state index in [1.54, 1.807) is 0 Å². The van der Waals surface area contributed by atoms with Gasteiger partial charge in [0.1, 0.15) is 0 Å². The zero-order valence-corrected chi connectivity index (χ0v) is 10.7. The van der Waals surface area contributed by atoms with Crippen molar-refractivity contribution in [2.24, 2.45) is 5.92 Å². The van der Waals surface area contributed by atoms with Gasteiger partial charge in [-0.1, -0.05) is 24.4 Å². The normalized spacial score (nSPS) is 16.7. The number of hydrogen-bond donors (Lipinski definition) is 0. The molecule has 1 saturated carbocycles. The van der Waals surface area contributed by atoms with Gasteiger partial charge >= 0.3 is 0 Å². The summed E-state index contributed by atoms with van der Waals surface area (Å²) in [6.07, 6.45) is 5.23. The fourth-order valence-electron chi connectivity index (χ4n) is 2.20. The molecule has 1 fully saturated rings. The predicted octanol–water partition coefficient (Wildman–Crippen LogP) is 2.80. The van der Waals surface area contributed by atoms with E-state index in [4.69, 9.17) is 23.2 Å². The molecule has 6 heteroatoms. The Morgan fingerprint density at radius 2 is 1.94 bits per heavy atom. The van der Waals surface area contributed by atoms with Crippen LogP contribution in [0.4, 0.5) is 5.82 Å². The molecule has 88 valence electrons. The molecule has 4 nitrogen and oxygen atoms in total. The lowest BCUT2D eigenvalue weighted by molar-refractivity contribution is 0.544. The van der Waals surface area contributed by atoms with Gasteiger partial charge in [0.2, 0.25) is 5.28 Å². The smallest absolute Gasteiger partial charge is 0.245 e. The van der Waals surface area contributed by atoms with Gasteiger partial charge < -0.3 is 4.90 Å². The van der Waals surface area contributed by atoms with Crippen molar-refractivity contribution in [1.29, 1.82) is 0 Å². The van der Waals surface area contributed by atoms with Crippen LogP contribution in [0.1, 0.15) is 25.7 Å². The van der Waals surface area contributed by atoms with E-state index in [1.807, 2.05) is 11.9 Å². The quantitative estimate of drug-likeness (QED) is 0.839. The molecule has 0 bridgehead atoms. The molecular formula is C10H14Cl2N4. The van der Waals surface area contributed by atoms with Gasteiger partial charge in [-0.05, 0) is 30.4 Å². The van der Waals surface area contributed by atoms with Crippen molar-refractivity contribution in [2.75, 3.05) is 18.5 Å². The van der Waals surface area contributed by atoms with Gasteiger partial charge in [0, 0.05) is 13.6 Å². The van der Waals surface area contributed by atoms with Crippen LogP contribution in [0.15, 0.2) is 0 Å². The number of aromatic nitrogens is 3. The number of anilines is 1. The van der Waals surface area contributed by atoms with E-state index < -0.39 is 0 Å². The first-order valence-electron chi connectivity index (χ1n) is 5.43. The molecule has 1 aliphatic rings. The highest BCUT2D eigenvalue weighted by molar-refractivity contribution is 6.32. The van der Waals surface area contributed by atoms with Crippen molar-refractivity contribution in [2.45, 2.75) is 25.7 Å². The van der Waals surface area contributed by atoms with Crippen molar-refractivity contribution in [1.82, 2.24) is 15.2 Å². The van der Waals surface area contributed by atoms with E-state index in [-0.39, 0.29) is 5.28 Å². The SMILES string of the molecule is CN(CC1CCCC1)c1nc(Cl)nnc1Cl. The molecule has 0 saturated heterocycles. The molecule has 1 aromatic rings. The number of nitrogens with zero attached hydrogens (tertiary/aromatic N) is 4. The largest absolute Gasteiger partial charge is 0.357 e. The highest BCUT2D eigenvalue weighted by atomic mass is 35.5. The molecular weight excluding hydrogens is 247 g/mol. The first-order valence-corrected chi connectivity index (χ1v) is 6.19. The average Bonchev–Trinajstić information content (AvgIpc) is 2.74. The van der Waals surface area contributed by atoms with Crippen molar-refractivity contribution in [3.8, 4) is 0 Å². The summed E-state index contributed by atoms with van der Waals surface area (Å²) in [4.78, 5) is 6.11. The third-order valence-electron chi connectivity index (χ3n) is 2.97. The summed E-state index contributed by atoms with van der Waals surface area (Å²) in [5.41, 5.74) is 0. The van der Waals surface area contributed by atoms with Crippen LogP contribution in [0.5, 0.6) is 0 Å². The van der Waals surface area contributed by atoms with Gasteiger partial charge in [-0.25, -0.2) is 0 Å². The summed E-state index contributed by atoms with van der Waals surface area (Å²) in [7, 11) is 1.96. The minimum Gasteiger partial charge on any atom is -0.357 e. The van der Waals surface area contributed by atoms with Crippen LogP contribution >= 0.6 is 23.2 Å². The summed E-state index contributed by atoms with van der Waals surface area (Å²) in [6.45, 7) is 0.953. The minimum atomic E-state index is 0.137. The minimum absolute atomic E-state index is 0.137. The molecule has 1 aromatic heterocycles. The topological polar surface area (TPSA) is 41.9 Å². The van der Waals surface area contributed by atoms with Crippen molar-refractivity contribution >= 4 is 29.0 Å². The summed E-state index contributed by atoms with van der Waals surface area (Å²) in [5.74, 6) is 1.35. The molecule has 0 aliphatic heterocycles. The molecule has 0 spiro atoms. The second kappa shape index (κ2) is 5.15. The first-order chi connectivity index (χ1) is 7.66. The van der Waals surface area contributed by atoms with E-state index in [0.29, 0.717) is 11.0 Å². The maximum atomic E-state index is 5.94. The third kappa shape index (κ3) is 2.74. The van der Waals surface area contributed by atoms with Gasteiger partial charge in [0.25, 0.3) is 0 Å². The zero-order chi connectivity index (χ0) is 11.5. The van der Waals surface area contributed by atoms with E-state index in [0.717, 1.165) is 12.5 Å². The third-order valence-corrected chi connectivity index (χ3v) is 3.38. The molecule has 16 heavy (non-hydrogen) atoms. The van der Waals surface area contributed by atoms with Crippen LogP contribution in [-0.2, 0) is 0 Å². The van der Waals surface area contributed by atoms with E-state index in [1.165, 1.54) is 25.7 Å². The summed E-state index contributed by atoms with van der Waals surface area (Å²) in [5, 5.41) is 7.80. The summed E-state index contributed by atoms with van der Waals surface area (Å²) in [6, 6.07) is 0. The van der Waals surface area contributed by atoms with Gasteiger partial charge in [0.05, 0.1) is 0 Å². The lowest BCUT2D eigenvalue weighted by Gasteiger charge is -2.22. The number of rotatable bonds is 3. The Labute approximate surface area is 105 Å². The molecule has 1 heterocycles. The van der Waals surface area contributed by atoms with Crippen LogP contribution < -0.4 is 4.90 Å². The second-order valence-corrected chi connectivity index (χ2v) is 4.92. The van der Waals surface area contributed by atoms with Gasteiger partial charge in [-0.2, -0.15) is 4.98 Å². The standard InChI is InChI=1S/C10H14Cl2N4/c1-16(6-7-4-2-3-5-7)9-8(11)14-15-10(12)13-9/h7H,2-6H2,1H3. The molecule has 0 amide bonds. The average molecular weight is 261 g/mol. The van der Waals surface area contributed by atoms with E-state index >= 15 is 0 Å². The molecule has 0 N–H and O–H groups in total. The van der Waals surface area contributed by atoms with Gasteiger partial charge in [-0.15, -0.1) is 10.2 Å². The zero-order valence-electron chi connectivity index (χ0n) is 9.16. The van der Waals surface area contributed by atoms with E-state index in [2.05, 4.69) is 15.2 Å². The Hall–Kier alpha value is -0.610. The highest BCUT2D eigenvalue weighted by Gasteiger charge is 2.19. The first kappa shape index (κ1) is 11.9. The van der Waals surface area contributed by atoms with Crippen molar-refractivity contribution < 1.29 is 0 Å². The maximum absolute atomic E-state index is 5.94. The Morgan fingerprint density at radius 3 is 2.62 bits per heavy atom. The molecule has 0 aromatic carbocycles. The fourth-order valence-corrected chi connectivity index (χ4v) is 2.54. The Bertz CT molecular complexity index is 366. The molecule has 0 unspecified atom stereocenters. The van der Waals surface area contributed by atoms with Crippen LogP contribution in [0.25, 0.3) is 0 Å². The maximum Gasteiger partial charge on any atom is 0.245 e. The Morgan fingerprint density at radius 1 is 1.25 bits per heavy atom. The van der Waals surface area contributed by atoms with Crippen LogP contribution in [0, 0.1) is 5.92 Å². The van der Waals surface area contributed by atoms with Gasteiger partial charge in [0.15, 0.2) is 11.0 Å². The van der Waals surface area contributed by atoms with E-state index in [9.17, 15) is 0 Å². The van der Waals surface area contributed by atoms with Crippen LogP contribution in [-0.4, -0.2) is 28.8 Å². The number of hydrogen-bond acceptors (Lipinski definition) is 4. The molecule has 0 atom stereocenters. The number of halogens is 2. The Kier molecular flexibility index (Phi) is 3.82. The predicted molar refractivity (Wildman–Crippen MR) is 65.1 cm³/mol. The summed E-state index contributed by atoms with van der Waals surface area (Å²) >= 11 is 11.6. The molecule has 1 aliphatic carbocycles. The highest BCUT2D eigenvalue weighted by Crippen LogP contribution is 2.28. The lowest BCUT2D eigenvalue weighted by atomic mass is 10.1. The van der Waals surface area contributed by atoms with Crippen molar-refractivity contribution in [3.63, 3.8) is 0 Å². The van der Waals surface area contributed by atoms with Crippen LogP contribution in [0.3, 0.4) is 0 Å². The van der Waals surface area contributed by atoms with Crippen molar-refractivity contribution in [3.05, 3.63) is 10.4 Å². The fraction of sp³-hybridized carbons (Fsp3) is 0.700. The van der Waals surface area contributed by atoms with Crippen LogP contribution in [0.2, 0.25) is 10.4 Å². The monoisotopic (exact) mass is 260 g/mol. The molecule has 0 radical (unpaired) electrons. The Balaban J connectivity index is 2.07. The molecule has 2 rings (SSSR count). The van der Waals surface area contributed by atoms with Gasteiger partial charge in [-0.3, -0.25) is 0 Å².